The van der Waals surface area contributed by atoms with Crippen molar-refractivity contribution in [2.24, 2.45) is 0 Å². The molecule has 0 aliphatic heterocycles. The number of rotatable bonds is 2. The molecule has 0 bridgehead atoms. The average Bonchev–Trinajstić information content (AvgIpc) is 1.95. The number of hydrogen-bond donors (Lipinski definition) is 0. The first-order chi connectivity index (χ1) is 4.83. The van der Waals surface area contributed by atoms with Gasteiger partial charge in [0.05, 0.1) is 0 Å². The third-order valence-corrected chi connectivity index (χ3v) is 1.76. The fourth-order valence-electron chi connectivity index (χ4n) is 1.18. The predicted molar refractivity (Wildman–Crippen MR) is 41.4 cm³/mol. The molecule has 0 radical (unpaired) electrons. The molecule has 0 heterocycles. The molecular weight excluding hydrogens is 127 g/mol. The van der Waals surface area contributed by atoms with E-state index in [1.165, 1.54) is 12.0 Å². The summed E-state index contributed by atoms with van der Waals surface area (Å²) in [5.41, 5.74) is 1.39. The molecule has 56 valence electrons. The Balaban J connectivity index is 2.47. The molecule has 1 rings (SSSR count). The monoisotopic (exact) mass is 140 g/mol. The molecule has 0 atom stereocenters. The van der Waals surface area contributed by atoms with Crippen molar-refractivity contribution in [2.45, 2.75) is 32.6 Å². The molecule has 0 N–H and O–H groups in total. The Hall–Kier alpha value is -0.590. The SMILES string of the molecule is CCCC1=CC=C(F)CC1. The second kappa shape index (κ2) is 3.55. The van der Waals surface area contributed by atoms with Crippen LogP contribution in [0, 0.1) is 0 Å². The van der Waals surface area contributed by atoms with Crippen LogP contribution in [-0.4, -0.2) is 0 Å². The van der Waals surface area contributed by atoms with Gasteiger partial charge in [0.25, 0.3) is 0 Å². The van der Waals surface area contributed by atoms with Crippen molar-refractivity contribution in [3.63, 3.8) is 0 Å². The Bertz CT molecular complexity index is 162. The van der Waals surface area contributed by atoms with Gasteiger partial charge in [-0.3, -0.25) is 0 Å². The van der Waals surface area contributed by atoms with E-state index in [2.05, 4.69) is 6.92 Å². The lowest BCUT2D eigenvalue weighted by molar-refractivity contribution is 0.577. The lowest BCUT2D eigenvalue weighted by Crippen LogP contribution is -1.89. The van der Waals surface area contributed by atoms with Gasteiger partial charge in [-0.15, -0.1) is 0 Å². The Morgan fingerprint density at radius 1 is 1.40 bits per heavy atom. The molecule has 0 unspecified atom stereocenters. The van der Waals surface area contributed by atoms with E-state index in [-0.39, 0.29) is 5.83 Å². The molecule has 0 saturated heterocycles. The van der Waals surface area contributed by atoms with Crippen molar-refractivity contribution >= 4 is 0 Å². The van der Waals surface area contributed by atoms with Gasteiger partial charge >= 0.3 is 0 Å². The summed E-state index contributed by atoms with van der Waals surface area (Å²) >= 11 is 0. The van der Waals surface area contributed by atoms with Crippen LogP contribution < -0.4 is 0 Å². The molecule has 0 aromatic rings. The minimum atomic E-state index is 0.0276. The molecule has 0 amide bonds. The van der Waals surface area contributed by atoms with E-state index in [0.717, 1.165) is 12.8 Å². The summed E-state index contributed by atoms with van der Waals surface area (Å²) in [5.74, 6) is 0.0276. The summed E-state index contributed by atoms with van der Waals surface area (Å²) in [6.45, 7) is 2.15. The maximum atomic E-state index is 12.4. The van der Waals surface area contributed by atoms with Crippen LogP contribution in [0.2, 0.25) is 0 Å². The zero-order chi connectivity index (χ0) is 7.40. The van der Waals surface area contributed by atoms with Gasteiger partial charge < -0.3 is 0 Å². The molecule has 1 aliphatic rings. The number of allylic oxidation sites excluding steroid dienone is 4. The van der Waals surface area contributed by atoms with Crippen LogP contribution in [0.4, 0.5) is 4.39 Å². The van der Waals surface area contributed by atoms with Gasteiger partial charge in [0.2, 0.25) is 0 Å². The molecule has 1 aliphatic carbocycles. The smallest absolute Gasteiger partial charge is 0.100 e. The number of hydrogen-bond acceptors (Lipinski definition) is 0. The van der Waals surface area contributed by atoms with E-state index in [9.17, 15) is 4.39 Å². The Labute approximate surface area is 61.4 Å². The highest BCUT2D eigenvalue weighted by atomic mass is 19.1. The van der Waals surface area contributed by atoms with Crippen LogP contribution in [0.1, 0.15) is 32.6 Å². The molecular formula is C9H13F. The summed E-state index contributed by atoms with van der Waals surface area (Å²) in [6.07, 6.45) is 7.35. The van der Waals surface area contributed by atoms with E-state index >= 15 is 0 Å². The van der Waals surface area contributed by atoms with Crippen LogP contribution in [0.15, 0.2) is 23.6 Å². The minimum absolute atomic E-state index is 0.0276. The molecule has 0 fully saturated rings. The van der Waals surface area contributed by atoms with Crippen LogP contribution in [0.25, 0.3) is 0 Å². The van der Waals surface area contributed by atoms with Crippen LogP contribution in [-0.2, 0) is 0 Å². The van der Waals surface area contributed by atoms with E-state index in [1.54, 1.807) is 6.08 Å². The molecule has 0 saturated carbocycles. The zero-order valence-corrected chi connectivity index (χ0v) is 6.36. The highest BCUT2D eigenvalue weighted by Crippen LogP contribution is 2.21. The summed E-state index contributed by atoms with van der Waals surface area (Å²) in [4.78, 5) is 0. The summed E-state index contributed by atoms with van der Waals surface area (Å²) < 4.78 is 12.4. The van der Waals surface area contributed by atoms with Gasteiger partial charge in [0.15, 0.2) is 0 Å². The van der Waals surface area contributed by atoms with Crippen molar-refractivity contribution in [1.29, 1.82) is 0 Å². The van der Waals surface area contributed by atoms with Gasteiger partial charge in [-0.25, -0.2) is 4.39 Å². The van der Waals surface area contributed by atoms with Crippen LogP contribution in [0.5, 0.6) is 0 Å². The molecule has 0 nitrogen and oxygen atoms in total. The fourth-order valence-corrected chi connectivity index (χ4v) is 1.18. The first-order valence-corrected chi connectivity index (χ1v) is 3.87. The van der Waals surface area contributed by atoms with Gasteiger partial charge in [0, 0.05) is 6.42 Å². The summed E-state index contributed by atoms with van der Waals surface area (Å²) in [6, 6.07) is 0. The Morgan fingerprint density at radius 3 is 2.70 bits per heavy atom. The average molecular weight is 140 g/mol. The van der Waals surface area contributed by atoms with Gasteiger partial charge in [-0.2, -0.15) is 0 Å². The maximum Gasteiger partial charge on any atom is 0.100 e. The number of halogens is 1. The highest BCUT2D eigenvalue weighted by molar-refractivity contribution is 5.20. The quantitative estimate of drug-likeness (QED) is 0.551. The van der Waals surface area contributed by atoms with Crippen LogP contribution in [0.3, 0.4) is 0 Å². The highest BCUT2D eigenvalue weighted by Gasteiger charge is 2.03. The second-order valence-electron chi connectivity index (χ2n) is 2.69. The van der Waals surface area contributed by atoms with E-state index in [0.29, 0.717) is 6.42 Å². The lowest BCUT2D eigenvalue weighted by Gasteiger charge is -2.07. The van der Waals surface area contributed by atoms with Crippen molar-refractivity contribution in [3.05, 3.63) is 23.6 Å². The maximum absolute atomic E-state index is 12.4. The summed E-state index contributed by atoms with van der Waals surface area (Å²) in [7, 11) is 0. The largest absolute Gasteiger partial charge is 0.212 e. The van der Waals surface area contributed by atoms with E-state index < -0.39 is 0 Å². The predicted octanol–water partition coefficient (Wildman–Crippen LogP) is 3.36. The molecule has 0 aromatic heterocycles. The lowest BCUT2D eigenvalue weighted by atomic mass is 10.0. The standard InChI is InChI=1S/C9H13F/c1-2-3-8-4-6-9(10)7-5-8/h4,6H,2-3,5,7H2,1H3. The van der Waals surface area contributed by atoms with E-state index in [1.807, 2.05) is 6.08 Å². The fraction of sp³-hybridized carbons (Fsp3) is 0.556. The topological polar surface area (TPSA) is 0 Å². The van der Waals surface area contributed by atoms with Crippen molar-refractivity contribution in [3.8, 4) is 0 Å². The molecule has 0 aromatic carbocycles. The van der Waals surface area contributed by atoms with Crippen molar-refractivity contribution in [1.82, 2.24) is 0 Å². The molecule has 1 heteroatoms. The van der Waals surface area contributed by atoms with Gasteiger partial charge in [-0.1, -0.05) is 25.0 Å². The zero-order valence-electron chi connectivity index (χ0n) is 6.36. The molecule has 0 spiro atoms. The van der Waals surface area contributed by atoms with Crippen molar-refractivity contribution < 1.29 is 4.39 Å². The Morgan fingerprint density at radius 2 is 2.20 bits per heavy atom. The van der Waals surface area contributed by atoms with Crippen molar-refractivity contribution in [2.75, 3.05) is 0 Å². The third kappa shape index (κ3) is 1.98. The summed E-state index contributed by atoms with van der Waals surface area (Å²) in [5, 5.41) is 0. The first kappa shape index (κ1) is 7.52. The van der Waals surface area contributed by atoms with Crippen LogP contribution >= 0.6 is 0 Å². The second-order valence-corrected chi connectivity index (χ2v) is 2.69. The molecule has 10 heavy (non-hydrogen) atoms. The van der Waals surface area contributed by atoms with Gasteiger partial charge in [-0.05, 0) is 18.9 Å². The Kier molecular flexibility index (Phi) is 2.67. The van der Waals surface area contributed by atoms with E-state index in [4.69, 9.17) is 0 Å². The first-order valence-electron chi connectivity index (χ1n) is 3.87. The third-order valence-electron chi connectivity index (χ3n) is 1.76. The normalized spacial score (nSPS) is 18.2. The van der Waals surface area contributed by atoms with Gasteiger partial charge in [0.1, 0.15) is 5.83 Å². The minimum Gasteiger partial charge on any atom is -0.212 e.